The summed E-state index contributed by atoms with van der Waals surface area (Å²) < 4.78 is 45.1. The van der Waals surface area contributed by atoms with Crippen LogP contribution >= 0.6 is 0 Å². The van der Waals surface area contributed by atoms with E-state index in [-0.39, 0.29) is 10.7 Å². The van der Waals surface area contributed by atoms with Crippen LogP contribution in [-0.2, 0) is 30.0 Å². The molecule has 1 saturated heterocycles. The average Bonchev–Trinajstić information content (AvgIpc) is 3.39. The van der Waals surface area contributed by atoms with Gasteiger partial charge in [-0.3, -0.25) is 14.3 Å². The summed E-state index contributed by atoms with van der Waals surface area (Å²) in [6.07, 6.45) is 2.99. The molecular weight excluding hydrogens is 451 g/mol. The summed E-state index contributed by atoms with van der Waals surface area (Å²) in [5, 5.41) is 4.49. The molecule has 34 heavy (non-hydrogen) atoms. The molecule has 8 heteroatoms. The van der Waals surface area contributed by atoms with Gasteiger partial charge >= 0.3 is 0 Å². The Labute approximate surface area is 201 Å². The van der Waals surface area contributed by atoms with E-state index >= 15 is 0 Å². The van der Waals surface area contributed by atoms with Crippen molar-refractivity contribution in [1.82, 2.24) is 14.7 Å². The van der Waals surface area contributed by atoms with Crippen molar-refractivity contribution in [3.05, 3.63) is 65.2 Å². The summed E-state index contributed by atoms with van der Waals surface area (Å²) in [6, 6.07) is 11.8. The van der Waals surface area contributed by atoms with E-state index in [1.165, 1.54) is 6.07 Å². The minimum absolute atomic E-state index is 0.175. The third-order valence-electron chi connectivity index (χ3n) is 6.38. The van der Waals surface area contributed by atoms with Crippen molar-refractivity contribution >= 4 is 15.7 Å². The fraction of sp³-hybridized carbons (Fsp3) is 0.423. The maximum atomic E-state index is 14.4. The molecule has 1 aliphatic rings. The van der Waals surface area contributed by atoms with Crippen molar-refractivity contribution in [2.24, 2.45) is 13.0 Å². The molecule has 0 atom stereocenters. The Hall–Kier alpha value is -2.71. The third kappa shape index (κ3) is 5.33. The maximum Gasteiger partial charge on any atom is 0.262 e. The second-order valence-corrected chi connectivity index (χ2v) is 11.2. The van der Waals surface area contributed by atoms with Crippen molar-refractivity contribution < 1.29 is 12.8 Å². The largest absolute Gasteiger partial charge is 0.299 e. The van der Waals surface area contributed by atoms with Gasteiger partial charge in [0.15, 0.2) is 0 Å². The Morgan fingerprint density at radius 2 is 1.71 bits per heavy atom. The number of nitrogens with one attached hydrogen (secondary N) is 1. The van der Waals surface area contributed by atoms with Gasteiger partial charge in [-0.05, 0) is 80.6 Å². The highest BCUT2D eigenvalue weighted by Gasteiger charge is 2.22. The molecule has 1 aromatic heterocycles. The van der Waals surface area contributed by atoms with Gasteiger partial charge in [-0.2, -0.15) is 5.10 Å². The topological polar surface area (TPSA) is 67.2 Å². The molecule has 2 aromatic carbocycles. The Morgan fingerprint density at radius 1 is 1.06 bits per heavy atom. The first-order chi connectivity index (χ1) is 16.1. The highest BCUT2D eigenvalue weighted by atomic mass is 32.2. The molecule has 3 aromatic rings. The molecule has 0 unspecified atom stereocenters. The molecule has 0 radical (unpaired) electrons. The quantitative estimate of drug-likeness (QED) is 0.481. The van der Waals surface area contributed by atoms with Crippen LogP contribution in [0, 0.1) is 18.7 Å². The summed E-state index contributed by atoms with van der Waals surface area (Å²) >= 11 is 0. The highest BCUT2D eigenvalue weighted by molar-refractivity contribution is 7.92. The van der Waals surface area contributed by atoms with Crippen LogP contribution in [-0.4, -0.2) is 36.2 Å². The number of benzene rings is 2. The van der Waals surface area contributed by atoms with E-state index in [0.29, 0.717) is 30.1 Å². The number of sulfonamides is 1. The molecule has 0 bridgehead atoms. The van der Waals surface area contributed by atoms with Crippen LogP contribution in [0.25, 0.3) is 11.1 Å². The number of halogens is 1. The first-order valence-corrected chi connectivity index (χ1v) is 13.3. The van der Waals surface area contributed by atoms with Crippen molar-refractivity contribution in [3.8, 4) is 11.1 Å². The van der Waals surface area contributed by atoms with Crippen LogP contribution in [0.2, 0.25) is 0 Å². The highest BCUT2D eigenvalue weighted by Crippen LogP contribution is 2.28. The van der Waals surface area contributed by atoms with Crippen LogP contribution in [0.4, 0.5) is 10.1 Å². The smallest absolute Gasteiger partial charge is 0.262 e. The van der Waals surface area contributed by atoms with Gasteiger partial charge in [0, 0.05) is 19.2 Å². The monoisotopic (exact) mass is 484 g/mol. The summed E-state index contributed by atoms with van der Waals surface area (Å²) in [5.41, 5.74) is 4.45. The van der Waals surface area contributed by atoms with E-state index in [1.807, 2.05) is 20.0 Å². The van der Waals surface area contributed by atoms with E-state index in [1.54, 1.807) is 35.0 Å². The summed E-state index contributed by atoms with van der Waals surface area (Å²) in [7, 11) is -1.97. The first kappa shape index (κ1) is 24.4. The van der Waals surface area contributed by atoms with Gasteiger partial charge in [-0.1, -0.05) is 32.0 Å². The summed E-state index contributed by atoms with van der Waals surface area (Å²) in [5.74, 6) is 0.144. The Balaban J connectivity index is 1.56. The van der Waals surface area contributed by atoms with Gasteiger partial charge in [-0.25, -0.2) is 12.8 Å². The van der Waals surface area contributed by atoms with Crippen LogP contribution in [0.15, 0.2) is 47.4 Å². The number of anilines is 1. The fourth-order valence-corrected chi connectivity index (χ4v) is 5.56. The Morgan fingerprint density at radius 3 is 2.35 bits per heavy atom. The van der Waals surface area contributed by atoms with Crippen LogP contribution in [0.3, 0.4) is 0 Å². The molecule has 0 amide bonds. The van der Waals surface area contributed by atoms with Gasteiger partial charge in [0.2, 0.25) is 0 Å². The first-order valence-electron chi connectivity index (χ1n) is 11.8. The van der Waals surface area contributed by atoms with Gasteiger partial charge in [-0.15, -0.1) is 0 Å². The number of hydrogen-bond donors (Lipinski definition) is 1. The lowest BCUT2D eigenvalue weighted by Gasteiger charge is -2.16. The summed E-state index contributed by atoms with van der Waals surface area (Å²) in [6.45, 7) is 8.60. The SMILES string of the molecule is Cc1c(NS(=O)(=O)c2ccc(-c3ccc(F)c(CN4CCCC4)c3)cc2)c(CC(C)C)nn1C. The van der Waals surface area contributed by atoms with Crippen molar-refractivity contribution in [2.75, 3.05) is 17.8 Å². The molecule has 182 valence electrons. The second kappa shape index (κ2) is 9.88. The van der Waals surface area contributed by atoms with Gasteiger partial charge < -0.3 is 0 Å². The fourth-order valence-electron chi connectivity index (χ4n) is 4.42. The minimum atomic E-state index is -3.78. The predicted molar refractivity (Wildman–Crippen MR) is 134 cm³/mol. The van der Waals surface area contributed by atoms with Crippen molar-refractivity contribution in [1.29, 1.82) is 0 Å². The minimum Gasteiger partial charge on any atom is -0.299 e. The number of hydrogen-bond acceptors (Lipinski definition) is 4. The van der Waals surface area contributed by atoms with Gasteiger partial charge in [0.1, 0.15) is 5.82 Å². The predicted octanol–water partition coefficient (Wildman–Crippen LogP) is 5.13. The molecule has 1 fully saturated rings. The molecule has 1 N–H and O–H groups in total. The normalized spacial score (nSPS) is 14.8. The zero-order chi connectivity index (χ0) is 24.5. The van der Waals surface area contributed by atoms with Crippen molar-refractivity contribution in [3.63, 3.8) is 0 Å². The van der Waals surface area contributed by atoms with E-state index in [4.69, 9.17) is 0 Å². The second-order valence-electron chi connectivity index (χ2n) is 9.55. The average molecular weight is 485 g/mol. The molecule has 0 aliphatic carbocycles. The van der Waals surface area contributed by atoms with Crippen molar-refractivity contribution in [2.45, 2.75) is 51.5 Å². The number of nitrogens with zero attached hydrogens (tertiary/aromatic N) is 3. The van der Waals surface area contributed by atoms with Crippen LogP contribution in [0.5, 0.6) is 0 Å². The van der Waals surface area contributed by atoms with Crippen LogP contribution in [0.1, 0.15) is 43.6 Å². The molecule has 0 saturated carbocycles. The molecule has 2 heterocycles. The number of aryl methyl sites for hydroxylation is 1. The van der Waals surface area contributed by atoms with Gasteiger partial charge in [0.05, 0.1) is 22.0 Å². The number of likely N-dealkylation sites (tertiary alicyclic amines) is 1. The third-order valence-corrected chi connectivity index (χ3v) is 7.75. The molecule has 6 nitrogen and oxygen atoms in total. The Bertz CT molecular complexity index is 1260. The van der Waals surface area contributed by atoms with E-state index in [9.17, 15) is 12.8 Å². The molecular formula is C26H33FN4O2S. The van der Waals surface area contributed by atoms with E-state index < -0.39 is 10.0 Å². The lowest BCUT2D eigenvalue weighted by Crippen LogP contribution is -2.19. The zero-order valence-corrected chi connectivity index (χ0v) is 21.1. The standard InChI is InChI=1S/C26H33FN4O2S/c1-18(2)15-25-26(19(3)30(4)28-25)29-34(32,33)23-10-7-20(8-11-23)21-9-12-24(27)22(16-21)17-31-13-5-6-14-31/h7-12,16,18,29H,5-6,13-15,17H2,1-4H3. The number of aromatic nitrogens is 2. The number of rotatable bonds is 8. The molecule has 0 spiro atoms. The van der Waals surface area contributed by atoms with E-state index in [0.717, 1.165) is 48.4 Å². The Kier molecular flexibility index (Phi) is 7.09. The summed E-state index contributed by atoms with van der Waals surface area (Å²) in [4.78, 5) is 2.44. The lowest BCUT2D eigenvalue weighted by molar-refractivity contribution is 0.325. The van der Waals surface area contributed by atoms with Gasteiger partial charge in [0.25, 0.3) is 10.0 Å². The lowest BCUT2D eigenvalue weighted by atomic mass is 10.0. The molecule has 1 aliphatic heterocycles. The zero-order valence-electron chi connectivity index (χ0n) is 20.3. The molecule has 4 rings (SSSR count). The van der Waals surface area contributed by atoms with Crippen LogP contribution < -0.4 is 4.72 Å². The maximum absolute atomic E-state index is 14.4. The van der Waals surface area contributed by atoms with E-state index in [2.05, 4.69) is 28.6 Å².